The van der Waals surface area contributed by atoms with Gasteiger partial charge in [-0.15, -0.1) is 47.0 Å². The summed E-state index contributed by atoms with van der Waals surface area (Å²) in [6.07, 6.45) is 12.2. The maximum Gasteiger partial charge on any atom is 0.288 e. The van der Waals surface area contributed by atoms with Crippen molar-refractivity contribution in [3.05, 3.63) is 59.6 Å². The SMILES string of the molecule is CC(C)CCSc1c2c(c3c(Cl)c(SCCC(C)C)c4sc(=O)sc4c3c1Cl)S/C(=C1\C=c3c(SCCC(C)C)c(Cl)c4c5c(c(SCCC(C)C)c(Cl)c4c3=C1)=CC(=O)C=5)S2. The topological polar surface area (TPSA) is 34.1 Å². The molecule has 0 saturated heterocycles. The van der Waals surface area contributed by atoms with E-state index in [1.54, 1.807) is 71.0 Å². The van der Waals surface area contributed by atoms with Gasteiger partial charge in [0.15, 0.2) is 5.78 Å². The van der Waals surface area contributed by atoms with Crippen molar-refractivity contribution in [2.24, 2.45) is 23.7 Å². The highest BCUT2D eigenvalue weighted by atomic mass is 35.5. The summed E-state index contributed by atoms with van der Waals surface area (Å²) in [5, 5.41) is 10.1. The average Bonchev–Trinajstić information content (AvgIpc) is 4.00. The minimum absolute atomic E-state index is 0.0326. The van der Waals surface area contributed by atoms with Crippen molar-refractivity contribution in [1.82, 2.24) is 0 Å². The predicted molar refractivity (Wildman–Crippen MR) is 288 cm³/mol. The molecule has 328 valence electrons. The van der Waals surface area contributed by atoms with E-state index in [1.807, 2.05) is 11.8 Å². The number of allylic oxidation sites excluding steroid dienone is 1. The van der Waals surface area contributed by atoms with E-state index in [1.165, 1.54) is 22.7 Å². The Morgan fingerprint density at radius 3 is 1.42 bits per heavy atom. The van der Waals surface area contributed by atoms with E-state index >= 15 is 0 Å². The van der Waals surface area contributed by atoms with Crippen LogP contribution in [0.3, 0.4) is 0 Å². The van der Waals surface area contributed by atoms with Crippen molar-refractivity contribution in [2.75, 3.05) is 23.0 Å². The smallest absolute Gasteiger partial charge is 0.288 e. The number of carbonyl (C=O) groups is 1. The number of carbonyl (C=O) groups excluding carboxylic acids is 1. The lowest BCUT2D eigenvalue weighted by Gasteiger charge is -2.17. The van der Waals surface area contributed by atoms with Crippen LogP contribution in [0.5, 0.6) is 0 Å². The summed E-state index contributed by atoms with van der Waals surface area (Å²) in [7, 11) is 0. The molecule has 2 aliphatic carbocycles. The molecular formula is C48H48Cl4O2S8. The molecule has 62 heavy (non-hydrogen) atoms. The average molecular weight is 1060 g/mol. The van der Waals surface area contributed by atoms with Gasteiger partial charge in [0.2, 0.25) is 0 Å². The fourth-order valence-electron chi connectivity index (χ4n) is 7.61. The standard InChI is InChI=1S/C48H48Cl4O2S8/c1-21(2)9-13-55-39-29-18-25(17-27(29)31-32(36(39)50)28-19-26(53)20-30(28)40(35(31)49)56-14-10-22(3)4)47-59-41-33-34(38(52)43(45(41)60-47)57-15-11-23(5)6)42-46(62-48(54)61-42)44(37(33)51)58-16-12-24(7)8/h17-24H,9-16H2,1-8H3/b47-25+. The zero-order valence-electron chi connectivity index (χ0n) is 35.9. The summed E-state index contributed by atoms with van der Waals surface area (Å²) in [6, 6.07) is 0. The molecule has 5 aromatic rings. The molecule has 0 bridgehead atoms. The molecule has 8 rings (SSSR count). The molecular weight excluding hydrogens is 1010 g/mol. The first-order valence-electron chi connectivity index (χ1n) is 21.1. The van der Waals surface area contributed by atoms with Crippen molar-refractivity contribution in [1.29, 1.82) is 0 Å². The second kappa shape index (κ2) is 20.1. The van der Waals surface area contributed by atoms with Gasteiger partial charge < -0.3 is 0 Å². The van der Waals surface area contributed by atoms with Crippen LogP contribution in [-0.4, -0.2) is 28.8 Å². The van der Waals surface area contributed by atoms with Gasteiger partial charge in [0, 0.05) is 56.1 Å². The Bertz CT molecular complexity index is 3040. The Labute approximate surface area is 417 Å². The number of thioether (sulfide) groups is 6. The Balaban J connectivity index is 1.38. The fourth-order valence-corrected chi connectivity index (χ4v) is 20.4. The lowest BCUT2D eigenvalue weighted by molar-refractivity contribution is -0.107. The molecule has 0 atom stereocenters. The third-order valence-electron chi connectivity index (χ3n) is 11.0. The molecule has 0 saturated carbocycles. The van der Waals surface area contributed by atoms with Crippen molar-refractivity contribution in [2.45, 2.75) is 110 Å². The van der Waals surface area contributed by atoms with Crippen LogP contribution in [0.25, 0.3) is 55.2 Å². The second-order valence-corrected chi connectivity index (χ2v) is 28.0. The lowest BCUT2D eigenvalue weighted by Crippen LogP contribution is -2.32. The zero-order chi connectivity index (χ0) is 44.3. The Morgan fingerprint density at radius 1 is 0.468 bits per heavy atom. The van der Waals surface area contributed by atoms with E-state index in [0.29, 0.717) is 43.8 Å². The van der Waals surface area contributed by atoms with Gasteiger partial charge in [0.1, 0.15) is 0 Å². The summed E-state index contributed by atoms with van der Waals surface area (Å²) in [4.78, 5) is 32.6. The predicted octanol–water partition coefficient (Wildman–Crippen LogP) is 15.6. The number of hydrogen-bond donors (Lipinski definition) is 0. The van der Waals surface area contributed by atoms with Crippen LogP contribution >= 0.6 is 140 Å². The summed E-state index contributed by atoms with van der Waals surface area (Å²) in [6.45, 7) is 17.9. The first-order chi connectivity index (χ1) is 29.5. The summed E-state index contributed by atoms with van der Waals surface area (Å²) in [5.74, 6) is 5.82. The highest BCUT2D eigenvalue weighted by Gasteiger charge is 2.33. The number of hydrogen-bond acceptors (Lipinski definition) is 10. The molecule has 4 aromatic carbocycles. The van der Waals surface area contributed by atoms with Gasteiger partial charge in [-0.1, -0.05) is 148 Å². The highest BCUT2D eigenvalue weighted by Crippen LogP contribution is 2.63. The first kappa shape index (κ1) is 48.1. The van der Waals surface area contributed by atoms with Crippen LogP contribution in [-0.2, 0) is 4.79 Å². The number of benzene rings is 4. The van der Waals surface area contributed by atoms with Gasteiger partial charge in [0.25, 0.3) is 4.06 Å². The summed E-state index contributed by atoms with van der Waals surface area (Å²) < 4.78 is 3.07. The van der Waals surface area contributed by atoms with Crippen molar-refractivity contribution >= 4 is 201 Å². The normalized spacial score (nSPS) is 15.8. The molecule has 2 heterocycles. The quantitative estimate of drug-likeness (QED) is 0.0905. The number of rotatable bonds is 16. The minimum atomic E-state index is -0.0326. The maximum atomic E-state index is 13.2. The largest absolute Gasteiger partial charge is 0.290 e. The van der Waals surface area contributed by atoms with E-state index < -0.39 is 0 Å². The molecule has 0 radical (unpaired) electrons. The van der Waals surface area contributed by atoms with Crippen LogP contribution in [0.15, 0.2) is 44.0 Å². The van der Waals surface area contributed by atoms with Gasteiger partial charge >= 0.3 is 0 Å². The third kappa shape index (κ3) is 9.42. The van der Waals surface area contributed by atoms with E-state index in [-0.39, 0.29) is 9.84 Å². The highest BCUT2D eigenvalue weighted by molar-refractivity contribution is 8.25. The van der Waals surface area contributed by atoms with Crippen LogP contribution < -0.4 is 24.9 Å². The van der Waals surface area contributed by atoms with Crippen LogP contribution in [0.1, 0.15) is 81.1 Å². The molecule has 3 aliphatic rings. The zero-order valence-corrected chi connectivity index (χ0v) is 45.4. The van der Waals surface area contributed by atoms with Crippen LogP contribution in [0, 0.1) is 23.7 Å². The van der Waals surface area contributed by atoms with Crippen LogP contribution in [0.4, 0.5) is 0 Å². The van der Waals surface area contributed by atoms with Gasteiger partial charge in [-0.25, -0.2) is 0 Å². The molecule has 0 unspecified atom stereocenters. The van der Waals surface area contributed by atoms with Crippen molar-refractivity contribution < 1.29 is 4.79 Å². The third-order valence-corrected chi connectivity index (χ3v) is 22.7. The van der Waals surface area contributed by atoms with E-state index in [9.17, 15) is 9.59 Å². The monoisotopic (exact) mass is 1050 g/mol. The van der Waals surface area contributed by atoms with Crippen LogP contribution in [0.2, 0.25) is 20.1 Å². The molecule has 0 amide bonds. The van der Waals surface area contributed by atoms with Gasteiger partial charge in [-0.2, -0.15) is 0 Å². The number of ketones is 1. The van der Waals surface area contributed by atoms with Gasteiger partial charge in [-0.3, -0.25) is 9.59 Å². The molecule has 0 spiro atoms. The first-order valence-corrected chi connectivity index (χ1v) is 29.8. The van der Waals surface area contributed by atoms with E-state index in [2.05, 4.69) is 67.5 Å². The summed E-state index contributed by atoms with van der Waals surface area (Å²) in [5.41, 5.74) is 1.09. The lowest BCUT2D eigenvalue weighted by atomic mass is 10.0. The maximum absolute atomic E-state index is 13.2. The molecule has 0 N–H and O–H groups in total. The second-order valence-electron chi connectivity index (χ2n) is 17.5. The fraction of sp³-hybridized carbons (Fsp3) is 0.417. The number of halogens is 4. The number of fused-ring (bicyclic) bond motifs is 10. The summed E-state index contributed by atoms with van der Waals surface area (Å²) >= 11 is 43.6. The molecule has 1 aliphatic heterocycles. The van der Waals surface area contributed by atoms with Gasteiger partial charge in [0.05, 0.1) is 33.7 Å². The van der Waals surface area contributed by atoms with Crippen molar-refractivity contribution in [3.63, 3.8) is 0 Å². The Kier molecular flexibility index (Phi) is 15.6. The van der Waals surface area contributed by atoms with Crippen molar-refractivity contribution in [3.8, 4) is 0 Å². The Hall–Kier alpha value is -0.340. The number of Topliss-reactive ketones (excluding diaryl/α,β-unsaturated/α-hetero) is 1. The molecule has 14 heteroatoms. The van der Waals surface area contributed by atoms with E-state index in [4.69, 9.17) is 46.4 Å². The molecule has 1 aromatic heterocycles. The minimum Gasteiger partial charge on any atom is -0.290 e. The Morgan fingerprint density at radius 2 is 0.871 bits per heavy atom. The molecule has 0 fully saturated rings. The van der Waals surface area contributed by atoms with Gasteiger partial charge in [-0.05, 0) is 118 Å². The molecule has 2 nitrogen and oxygen atoms in total. The van der Waals surface area contributed by atoms with E-state index in [0.717, 1.165) is 140 Å².